The quantitative estimate of drug-likeness (QED) is 0.702. The van der Waals surface area contributed by atoms with Gasteiger partial charge >= 0.3 is 0 Å². The average molecular weight is 349 g/mol. The Morgan fingerprint density at radius 1 is 1.28 bits per heavy atom. The highest BCUT2D eigenvalue weighted by molar-refractivity contribution is 7.98. The summed E-state index contributed by atoms with van der Waals surface area (Å²) in [5.74, 6) is 0. The number of nitrogens with one attached hydrogen (secondary N) is 1. The number of nitrogens with zero attached hydrogens (tertiary/aromatic N) is 2. The number of aliphatic hydroxyl groups excluding tert-OH is 1. The zero-order valence-electron chi connectivity index (χ0n) is 14.0. The maximum Gasteiger partial charge on any atom is 0.102 e. The molecule has 1 aromatic heterocycles. The van der Waals surface area contributed by atoms with Crippen LogP contribution in [-0.4, -0.2) is 35.5 Å². The van der Waals surface area contributed by atoms with E-state index in [1.54, 1.807) is 11.8 Å². The number of aliphatic hydroxyl groups is 1. The van der Waals surface area contributed by atoms with Crippen molar-refractivity contribution in [2.45, 2.75) is 17.4 Å². The molecule has 0 aliphatic carbocycles. The van der Waals surface area contributed by atoms with E-state index < -0.39 is 0 Å². The van der Waals surface area contributed by atoms with Crippen LogP contribution >= 0.6 is 11.8 Å². The molecule has 0 amide bonds. The number of anilines is 1. The maximum atomic E-state index is 9.93. The minimum Gasteiger partial charge on any atom is -0.391 e. The Labute approximate surface area is 151 Å². The third kappa shape index (κ3) is 2.78. The molecule has 4 nitrogen and oxygen atoms in total. The first-order valence-corrected chi connectivity index (χ1v) is 9.56. The normalized spacial score (nSPS) is 17.2. The van der Waals surface area contributed by atoms with Crippen molar-refractivity contribution in [1.82, 2.24) is 4.98 Å². The van der Waals surface area contributed by atoms with Crippen molar-refractivity contribution >= 4 is 28.4 Å². The summed E-state index contributed by atoms with van der Waals surface area (Å²) in [6, 6.07) is 16.6. The minimum atomic E-state index is -0.286. The molecule has 2 heterocycles. The monoisotopic (exact) mass is 349 g/mol. The van der Waals surface area contributed by atoms with Crippen molar-refractivity contribution in [3.05, 3.63) is 48.0 Å². The van der Waals surface area contributed by atoms with Crippen LogP contribution in [0.1, 0.15) is 12.0 Å². The number of benzene rings is 2. The van der Waals surface area contributed by atoms with Gasteiger partial charge in [0.15, 0.2) is 0 Å². The molecule has 3 aromatic rings. The number of fused-ring (bicyclic) bond motifs is 1. The van der Waals surface area contributed by atoms with E-state index in [9.17, 15) is 10.4 Å². The van der Waals surface area contributed by atoms with Crippen molar-refractivity contribution in [1.29, 1.82) is 5.26 Å². The Balaban J connectivity index is 1.94. The molecule has 126 valence electrons. The van der Waals surface area contributed by atoms with Gasteiger partial charge < -0.3 is 15.0 Å². The predicted molar refractivity (Wildman–Crippen MR) is 103 cm³/mol. The fourth-order valence-corrected chi connectivity index (χ4v) is 3.98. The van der Waals surface area contributed by atoms with Gasteiger partial charge in [-0.15, -0.1) is 11.8 Å². The molecule has 1 saturated heterocycles. The number of β-amino-alcohol motifs (C(OH)–C–C–N with tert-alkyl or cyclic N) is 1. The zero-order chi connectivity index (χ0) is 17.4. The first-order valence-electron chi connectivity index (χ1n) is 8.33. The van der Waals surface area contributed by atoms with E-state index in [2.05, 4.69) is 40.4 Å². The SMILES string of the molecule is CSc1ccc(N2CCC(O)C2)c(-c2[nH]c3ccccc3c2C#N)c1. The summed E-state index contributed by atoms with van der Waals surface area (Å²) in [5.41, 5.74) is 4.59. The molecule has 0 spiro atoms. The number of rotatable bonds is 3. The lowest BCUT2D eigenvalue weighted by atomic mass is 10.0. The fraction of sp³-hybridized carbons (Fsp3) is 0.250. The Morgan fingerprint density at radius 2 is 2.12 bits per heavy atom. The molecule has 1 unspecified atom stereocenters. The van der Waals surface area contributed by atoms with Gasteiger partial charge in [-0.05, 0) is 36.9 Å². The number of aromatic nitrogens is 1. The summed E-state index contributed by atoms with van der Waals surface area (Å²) in [5, 5.41) is 20.6. The summed E-state index contributed by atoms with van der Waals surface area (Å²) >= 11 is 1.69. The summed E-state index contributed by atoms with van der Waals surface area (Å²) in [6.45, 7) is 1.46. The molecule has 1 aliphatic heterocycles. The van der Waals surface area contributed by atoms with Crippen LogP contribution in [-0.2, 0) is 0 Å². The van der Waals surface area contributed by atoms with E-state index in [1.165, 1.54) is 0 Å². The minimum absolute atomic E-state index is 0.286. The molecule has 1 fully saturated rings. The number of para-hydroxylation sites is 1. The van der Waals surface area contributed by atoms with E-state index in [1.807, 2.05) is 24.3 Å². The largest absolute Gasteiger partial charge is 0.391 e. The first kappa shape index (κ1) is 16.1. The Bertz CT molecular complexity index is 973. The molecule has 5 heteroatoms. The van der Waals surface area contributed by atoms with Gasteiger partial charge in [0.05, 0.1) is 17.4 Å². The number of hydrogen-bond acceptors (Lipinski definition) is 4. The molecule has 2 aromatic carbocycles. The molecule has 1 aliphatic rings. The molecule has 1 atom stereocenters. The van der Waals surface area contributed by atoms with Crippen molar-refractivity contribution in [2.24, 2.45) is 0 Å². The standard InChI is InChI=1S/C20H19N3OS/c1-25-14-6-7-19(23-9-8-13(24)12-23)16(10-14)20-17(11-21)15-4-2-3-5-18(15)22-20/h2-7,10,13,22,24H,8-9,12H2,1H3. The zero-order valence-corrected chi connectivity index (χ0v) is 14.8. The maximum absolute atomic E-state index is 9.93. The smallest absolute Gasteiger partial charge is 0.102 e. The van der Waals surface area contributed by atoms with Crippen LogP contribution in [0.15, 0.2) is 47.4 Å². The van der Waals surface area contributed by atoms with Gasteiger partial charge in [-0.1, -0.05) is 18.2 Å². The second-order valence-corrected chi connectivity index (χ2v) is 7.18. The van der Waals surface area contributed by atoms with Crippen LogP contribution in [0.5, 0.6) is 0 Å². The highest BCUT2D eigenvalue weighted by atomic mass is 32.2. The summed E-state index contributed by atoms with van der Waals surface area (Å²) in [6.07, 6.45) is 2.54. The average Bonchev–Trinajstić information content (AvgIpc) is 3.24. The summed E-state index contributed by atoms with van der Waals surface area (Å²) in [4.78, 5) is 6.80. The van der Waals surface area contributed by atoms with Crippen LogP contribution in [0.2, 0.25) is 0 Å². The topological polar surface area (TPSA) is 63.0 Å². The second kappa shape index (κ2) is 6.47. The third-order valence-corrected chi connectivity index (χ3v) is 5.52. The van der Waals surface area contributed by atoms with Gasteiger partial charge in [0.2, 0.25) is 0 Å². The first-order chi connectivity index (χ1) is 12.2. The van der Waals surface area contributed by atoms with E-state index in [0.717, 1.165) is 45.7 Å². The van der Waals surface area contributed by atoms with Crippen LogP contribution in [0.25, 0.3) is 22.2 Å². The Morgan fingerprint density at radius 3 is 2.84 bits per heavy atom. The van der Waals surface area contributed by atoms with Gasteiger partial charge in [0.1, 0.15) is 6.07 Å². The van der Waals surface area contributed by atoms with Crippen LogP contribution in [0, 0.1) is 11.3 Å². The summed E-state index contributed by atoms with van der Waals surface area (Å²) < 4.78 is 0. The number of H-pyrrole nitrogens is 1. The van der Waals surface area contributed by atoms with Crippen LogP contribution in [0.3, 0.4) is 0 Å². The molecule has 0 bridgehead atoms. The van der Waals surface area contributed by atoms with E-state index in [4.69, 9.17) is 0 Å². The molecule has 0 radical (unpaired) electrons. The lowest BCUT2D eigenvalue weighted by molar-refractivity contribution is 0.198. The van der Waals surface area contributed by atoms with E-state index in [-0.39, 0.29) is 6.10 Å². The fourth-order valence-electron chi connectivity index (χ4n) is 3.54. The molecular weight excluding hydrogens is 330 g/mol. The van der Waals surface area contributed by atoms with Gasteiger partial charge in [-0.2, -0.15) is 5.26 Å². The molecule has 25 heavy (non-hydrogen) atoms. The predicted octanol–water partition coefficient (Wildman–Crippen LogP) is 4.00. The molecular formula is C20H19N3OS. The van der Waals surface area contributed by atoms with Crippen molar-refractivity contribution in [3.63, 3.8) is 0 Å². The highest BCUT2D eigenvalue weighted by Crippen LogP contribution is 2.39. The molecule has 0 saturated carbocycles. The third-order valence-electron chi connectivity index (χ3n) is 4.79. The number of aromatic amines is 1. The lowest BCUT2D eigenvalue weighted by Crippen LogP contribution is -2.21. The Hall–Kier alpha value is -2.42. The molecule has 2 N–H and O–H groups in total. The second-order valence-electron chi connectivity index (χ2n) is 6.30. The summed E-state index contributed by atoms with van der Waals surface area (Å²) in [7, 11) is 0. The Kier molecular flexibility index (Phi) is 4.16. The number of nitriles is 1. The van der Waals surface area contributed by atoms with Crippen molar-refractivity contribution in [2.75, 3.05) is 24.2 Å². The number of thioether (sulfide) groups is 1. The lowest BCUT2D eigenvalue weighted by Gasteiger charge is -2.22. The molecule has 4 rings (SSSR count). The van der Waals surface area contributed by atoms with Crippen molar-refractivity contribution in [3.8, 4) is 17.3 Å². The van der Waals surface area contributed by atoms with Gasteiger partial charge in [-0.25, -0.2) is 0 Å². The van der Waals surface area contributed by atoms with Gasteiger partial charge in [-0.3, -0.25) is 0 Å². The van der Waals surface area contributed by atoms with E-state index >= 15 is 0 Å². The highest BCUT2D eigenvalue weighted by Gasteiger charge is 2.25. The van der Waals surface area contributed by atoms with Gasteiger partial charge in [0, 0.05) is 40.1 Å². The van der Waals surface area contributed by atoms with Crippen LogP contribution < -0.4 is 4.90 Å². The number of hydrogen-bond donors (Lipinski definition) is 2. The van der Waals surface area contributed by atoms with Gasteiger partial charge in [0.25, 0.3) is 0 Å². The van der Waals surface area contributed by atoms with Crippen molar-refractivity contribution < 1.29 is 5.11 Å². The van der Waals surface area contributed by atoms with E-state index in [0.29, 0.717) is 12.1 Å². The van der Waals surface area contributed by atoms with Crippen LogP contribution in [0.4, 0.5) is 5.69 Å².